The number of hydrogen-bond acceptors (Lipinski definition) is 5. The topological polar surface area (TPSA) is 75.4 Å². The number of alkyl halides is 3. The van der Waals surface area contributed by atoms with Crippen molar-refractivity contribution in [2.24, 2.45) is 0 Å². The smallest absolute Gasteiger partial charge is 0.357 e. The van der Waals surface area contributed by atoms with Crippen LogP contribution in [0.3, 0.4) is 0 Å². The van der Waals surface area contributed by atoms with Crippen molar-refractivity contribution in [3.05, 3.63) is 18.0 Å². The van der Waals surface area contributed by atoms with Crippen LogP contribution in [0.25, 0.3) is 5.65 Å². The minimum absolute atomic E-state index is 0.0114. The van der Waals surface area contributed by atoms with Crippen LogP contribution in [0.15, 0.2) is 12.1 Å². The van der Waals surface area contributed by atoms with Crippen molar-refractivity contribution in [3.8, 4) is 0 Å². The highest BCUT2D eigenvalue weighted by Gasteiger charge is 2.38. The van der Waals surface area contributed by atoms with Gasteiger partial charge >= 0.3 is 6.18 Å². The summed E-state index contributed by atoms with van der Waals surface area (Å²) < 4.78 is 38.9. The van der Waals surface area contributed by atoms with E-state index >= 15 is 0 Å². The third kappa shape index (κ3) is 2.36. The number of fused-ring (bicyclic) bond motifs is 1. The summed E-state index contributed by atoms with van der Waals surface area (Å²) in [6, 6.07) is 2.35. The predicted molar refractivity (Wildman–Crippen MR) is 65.4 cm³/mol. The van der Waals surface area contributed by atoms with Crippen LogP contribution in [0.1, 0.15) is 12.2 Å². The van der Waals surface area contributed by atoms with E-state index in [-0.39, 0.29) is 17.4 Å². The molecule has 112 valence electrons. The number of nitrogens with one attached hydrogen (secondary N) is 1. The molecule has 10 heteroatoms. The maximum Gasteiger partial charge on any atom is 0.453 e. The number of nitrogens with zero attached hydrogens (tertiary/aromatic N) is 5. The summed E-state index contributed by atoms with van der Waals surface area (Å²) in [7, 11) is 1.67. The lowest BCUT2D eigenvalue weighted by Gasteiger charge is -2.13. The molecule has 1 amide bonds. The Hall–Kier alpha value is -2.39. The van der Waals surface area contributed by atoms with E-state index in [9.17, 15) is 18.0 Å². The number of aromatic nitrogens is 4. The lowest BCUT2D eigenvalue weighted by Crippen LogP contribution is -2.31. The molecule has 1 aliphatic heterocycles. The standard InChI is InChI=1S/C11H11F3N6O/c1-19-5-4-6(9(19)21)15-7-2-3-8-16-17-10(11(12,13)14)20(8)18-7/h2-3,6H,4-5H2,1H3,(H,15,18). The zero-order chi connectivity index (χ0) is 15.2. The van der Waals surface area contributed by atoms with E-state index in [1.54, 1.807) is 11.9 Å². The highest BCUT2D eigenvalue weighted by atomic mass is 19.4. The fourth-order valence-corrected chi connectivity index (χ4v) is 2.18. The van der Waals surface area contributed by atoms with Crippen LogP contribution in [0.2, 0.25) is 0 Å². The monoisotopic (exact) mass is 300 g/mol. The Bertz CT molecular complexity index is 697. The van der Waals surface area contributed by atoms with Crippen molar-refractivity contribution in [3.63, 3.8) is 0 Å². The van der Waals surface area contributed by atoms with Crippen molar-refractivity contribution in [2.75, 3.05) is 18.9 Å². The summed E-state index contributed by atoms with van der Waals surface area (Å²) in [5, 5.41) is 13.2. The molecule has 7 nitrogen and oxygen atoms in total. The number of carbonyl (C=O) groups is 1. The van der Waals surface area contributed by atoms with Crippen LogP contribution in [-0.2, 0) is 11.0 Å². The van der Waals surface area contributed by atoms with E-state index in [1.165, 1.54) is 12.1 Å². The minimum Gasteiger partial charge on any atom is -0.357 e. The van der Waals surface area contributed by atoms with Crippen LogP contribution in [0.4, 0.5) is 19.0 Å². The van der Waals surface area contributed by atoms with Gasteiger partial charge in [-0.15, -0.1) is 15.3 Å². The largest absolute Gasteiger partial charge is 0.453 e. The quantitative estimate of drug-likeness (QED) is 0.887. The molecule has 0 saturated carbocycles. The number of likely N-dealkylation sites (N-methyl/N-ethyl adjacent to an activating group) is 1. The van der Waals surface area contributed by atoms with Gasteiger partial charge in [0.25, 0.3) is 5.82 Å². The van der Waals surface area contributed by atoms with Crippen LogP contribution in [0.5, 0.6) is 0 Å². The van der Waals surface area contributed by atoms with Crippen molar-refractivity contribution in [1.82, 2.24) is 24.7 Å². The van der Waals surface area contributed by atoms with Crippen molar-refractivity contribution in [1.29, 1.82) is 0 Å². The van der Waals surface area contributed by atoms with E-state index in [1.807, 2.05) is 0 Å². The first-order valence-corrected chi connectivity index (χ1v) is 6.17. The first-order valence-electron chi connectivity index (χ1n) is 6.17. The Kier molecular flexibility index (Phi) is 2.96. The number of anilines is 1. The summed E-state index contributed by atoms with van der Waals surface area (Å²) in [4.78, 5) is 13.3. The first kappa shape index (κ1) is 13.6. The molecular weight excluding hydrogens is 289 g/mol. The molecule has 0 aliphatic carbocycles. The molecule has 0 aromatic carbocycles. The van der Waals surface area contributed by atoms with Gasteiger partial charge < -0.3 is 10.2 Å². The van der Waals surface area contributed by atoms with Crippen LogP contribution < -0.4 is 5.32 Å². The summed E-state index contributed by atoms with van der Waals surface area (Å²) in [5.41, 5.74) is -0.0114. The lowest BCUT2D eigenvalue weighted by atomic mass is 10.2. The van der Waals surface area contributed by atoms with E-state index in [4.69, 9.17) is 0 Å². The third-order valence-electron chi connectivity index (χ3n) is 3.27. The van der Waals surface area contributed by atoms with Gasteiger partial charge in [-0.3, -0.25) is 4.79 Å². The van der Waals surface area contributed by atoms with Gasteiger partial charge in [-0.2, -0.15) is 17.7 Å². The molecule has 2 aromatic heterocycles. The van der Waals surface area contributed by atoms with Gasteiger partial charge in [0.15, 0.2) is 5.65 Å². The highest BCUT2D eigenvalue weighted by molar-refractivity contribution is 5.86. The fraction of sp³-hybridized carbons (Fsp3) is 0.455. The van der Waals surface area contributed by atoms with Crippen molar-refractivity contribution < 1.29 is 18.0 Å². The molecule has 1 N–H and O–H groups in total. The number of likely N-dealkylation sites (tertiary alicyclic amines) is 1. The maximum absolute atomic E-state index is 12.8. The molecule has 3 rings (SSSR count). The highest BCUT2D eigenvalue weighted by Crippen LogP contribution is 2.27. The summed E-state index contributed by atoms with van der Waals surface area (Å²) in [6.45, 7) is 0.596. The zero-order valence-electron chi connectivity index (χ0n) is 10.9. The number of hydrogen-bond donors (Lipinski definition) is 1. The molecule has 1 unspecified atom stereocenters. The second kappa shape index (κ2) is 4.57. The van der Waals surface area contributed by atoms with E-state index in [2.05, 4.69) is 20.6 Å². The van der Waals surface area contributed by atoms with Crippen LogP contribution in [-0.4, -0.2) is 50.3 Å². The van der Waals surface area contributed by atoms with Gasteiger partial charge in [0, 0.05) is 13.6 Å². The fourth-order valence-electron chi connectivity index (χ4n) is 2.18. The number of carbonyl (C=O) groups excluding carboxylic acids is 1. The molecule has 21 heavy (non-hydrogen) atoms. The summed E-state index contributed by atoms with van der Waals surface area (Å²) >= 11 is 0. The molecule has 1 aliphatic rings. The average molecular weight is 300 g/mol. The molecule has 0 radical (unpaired) electrons. The Morgan fingerprint density at radius 3 is 2.71 bits per heavy atom. The van der Waals surface area contributed by atoms with E-state index in [0.29, 0.717) is 17.5 Å². The molecule has 0 bridgehead atoms. The van der Waals surface area contributed by atoms with E-state index in [0.717, 1.165) is 0 Å². The number of rotatable bonds is 2. The van der Waals surface area contributed by atoms with Gasteiger partial charge in [-0.25, -0.2) is 0 Å². The second-order valence-corrected chi connectivity index (χ2v) is 4.76. The Balaban J connectivity index is 1.92. The molecule has 2 aromatic rings. The SMILES string of the molecule is CN1CCC(Nc2ccc3nnc(C(F)(F)F)n3n2)C1=O. The molecule has 1 saturated heterocycles. The van der Waals surface area contributed by atoms with Crippen LogP contribution >= 0.6 is 0 Å². The van der Waals surface area contributed by atoms with Crippen molar-refractivity contribution >= 4 is 17.4 Å². The summed E-state index contributed by atoms with van der Waals surface area (Å²) in [6.07, 6.45) is -4.07. The normalized spacial score (nSPS) is 19.5. The Morgan fingerprint density at radius 1 is 1.33 bits per heavy atom. The number of halogens is 3. The third-order valence-corrected chi connectivity index (χ3v) is 3.27. The lowest BCUT2D eigenvalue weighted by molar-refractivity contribution is -0.146. The maximum atomic E-state index is 12.8. The van der Waals surface area contributed by atoms with Crippen molar-refractivity contribution in [2.45, 2.75) is 18.6 Å². The molecule has 0 spiro atoms. The average Bonchev–Trinajstić information content (AvgIpc) is 2.96. The molecular formula is C11H11F3N6O. The first-order chi connectivity index (χ1) is 9.86. The summed E-state index contributed by atoms with van der Waals surface area (Å²) in [5.74, 6) is -1.14. The van der Waals surface area contributed by atoms with Crippen LogP contribution in [0, 0.1) is 0 Å². The van der Waals surface area contributed by atoms with Gasteiger partial charge in [0.2, 0.25) is 5.91 Å². The minimum atomic E-state index is -4.64. The van der Waals surface area contributed by atoms with Gasteiger partial charge in [-0.05, 0) is 18.6 Å². The molecule has 3 heterocycles. The zero-order valence-corrected chi connectivity index (χ0v) is 10.9. The Labute approximate surface area is 116 Å². The van der Waals surface area contributed by atoms with Gasteiger partial charge in [-0.1, -0.05) is 0 Å². The van der Waals surface area contributed by atoms with Gasteiger partial charge in [0.1, 0.15) is 11.9 Å². The Morgan fingerprint density at radius 2 is 2.10 bits per heavy atom. The molecule has 1 fully saturated rings. The van der Waals surface area contributed by atoms with E-state index < -0.39 is 18.0 Å². The molecule has 1 atom stereocenters. The van der Waals surface area contributed by atoms with Gasteiger partial charge in [0.05, 0.1) is 0 Å². The second-order valence-electron chi connectivity index (χ2n) is 4.76. The number of amides is 1. The predicted octanol–water partition coefficient (Wildman–Crippen LogP) is 0.786.